The number of carbonyl (C=O) groups is 1. The number of nitrogens with one attached hydrogen (secondary N) is 1. The molecule has 1 unspecified atom stereocenters. The number of aryl methyl sites for hydroxylation is 2. The lowest BCUT2D eigenvalue weighted by molar-refractivity contribution is -0.122. The first-order chi connectivity index (χ1) is 11.9. The largest absolute Gasteiger partial charge is 0.481 e. The summed E-state index contributed by atoms with van der Waals surface area (Å²) >= 11 is 3.55. The van der Waals surface area contributed by atoms with Crippen LogP contribution < -0.4 is 10.1 Å². The zero-order valence-electron chi connectivity index (χ0n) is 15.4. The Morgan fingerprint density at radius 2 is 2.00 bits per heavy atom. The summed E-state index contributed by atoms with van der Waals surface area (Å²) in [6.45, 7) is 7.98. The van der Waals surface area contributed by atoms with Crippen LogP contribution in [0, 0.1) is 13.8 Å². The Balaban J connectivity index is 2.02. The van der Waals surface area contributed by atoms with E-state index in [2.05, 4.69) is 40.3 Å². The first kappa shape index (κ1) is 19.5. The molecule has 0 aliphatic rings. The van der Waals surface area contributed by atoms with E-state index < -0.39 is 6.10 Å². The molecule has 1 amide bonds. The summed E-state index contributed by atoms with van der Waals surface area (Å²) in [6, 6.07) is 11.9. The van der Waals surface area contributed by atoms with Crippen LogP contribution in [0.15, 0.2) is 40.9 Å². The highest BCUT2D eigenvalue weighted by molar-refractivity contribution is 9.10. The van der Waals surface area contributed by atoms with Gasteiger partial charge in [0.05, 0.1) is 5.69 Å². The van der Waals surface area contributed by atoms with Crippen LogP contribution >= 0.6 is 15.9 Å². The molecule has 0 aliphatic carbocycles. The number of carbonyl (C=O) groups excluding carboxylic acids is 1. The molecule has 0 aliphatic heterocycles. The Morgan fingerprint density at radius 1 is 1.24 bits per heavy atom. The van der Waals surface area contributed by atoms with Crippen molar-refractivity contribution < 1.29 is 9.53 Å². The maximum absolute atomic E-state index is 12.5. The number of halogens is 1. The molecule has 2 rings (SSSR count). The second-order valence-electron chi connectivity index (χ2n) is 6.37. The molecule has 2 aromatic carbocycles. The predicted octanol–water partition coefficient (Wildman–Crippen LogP) is 5.81. The van der Waals surface area contributed by atoms with E-state index in [1.165, 1.54) is 18.4 Å². The van der Waals surface area contributed by atoms with Gasteiger partial charge in [0.15, 0.2) is 6.10 Å². The maximum Gasteiger partial charge on any atom is 0.265 e. The van der Waals surface area contributed by atoms with Gasteiger partial charge in [0, 0.05) is 4.47 Å². The summed E-state index contributed by atoms with van der Waals surface area (Å²) < 4.78 is 6.75. The fourth-order valence-corrected chi connectivity index (χ4v) is 3.05. The number of ether oxygens (including phenoxy) is 1. The quantitative estimate of drug-likeness (QED) is 0.632. The number of anilines is 1. The van der Waals surface area contributed by atoms with Gasteiger partial charge < -0.3 is 10.1 Å². The van der Waals surface area contributed by atoms with Crippen LogP contribution in [-0.2, 0) is 11.2 Å². The molecule has 0 saturated carbocycles. The van der Waals surface area contributed by atoms with E-state index in [4.69, 9.17) is 4.74 Å². The number of amides is 1. The molecule has 0 fully saturated rings. The lowest BCUT2D eigenvalue weighted by Crippen LogP contribution is -2.30. The highest BCUT2D eigenvalue weighted by Gasteiger charge is 2.17. The van der Waals surface area contributed by atoms with Crippen LogP contribution in [0.5, 0.6) is 5.75 Å². The van der Waals surface area contributed by atoms with Gasteiger partial charge in [-0.05, 0) is 84.4 Å². The summed E-state index contributed by atoms with van der Waals surface area (Å²) in [7, 11) is 0. The van der Waals surface area contributed by atoms with Gasteiger partial charge in [-0.1, -0.05) is 31.5 Å². The number of hydrogen-bond donors (Lipinski definition) is 1. The van der Waals surface area contributed by atoms with Gasteiger partial charge in [-0.15, -0.1) is 0 Å². The second-order valence-corrected chi connectivity index (χ2v) is 7.22. The fourth-order valence-electron chi connectivity index (χ4n) is 2.53. The first-order valence-corrected chi connectivity index (χ1v) is 9.53. The van der Waals surface area contributed by atoms with Gasteiger partial charge in [-0.3, -0.25) is 4.79 Å². The van der Waals surface area contributed by atoms with E-state index in [1.54, 1.807) is 6.92 Å². The first-order valence-electron chi connectivity index (χ1n) is 8.74. The smallest absolute Gasteiger partial charge is 0.265 e. The summed E-state index contributed by atoms with van der Waals surface area (Å²) in [5.74, 6) is 0.583. The van der Waals surface area contributed by atoms with Crippen molar-refractivity contribution in [3.63, 3.8) is 0 Å². The standard InChI is InChI=1S/C21H26BrNO2/c1-5-6-9-17-11-12-19(18(22)13-17)23-21(24)16(4)25-20-10-7-8-14(2)15(20)3/h7-8,10-13,16H,5-6,9H2,1-4H3,(H,23,24). The lowest BCUT2D eigenvalue weighted by atomic mass is 10.1. The minimum absolute atomic E-state index is 0.164. The van der Waals surface area contributed by atoms with Crippen molar-refractivity contribution in [3.05, 3.63) is 57.6 Å². The van der Waals surface area contributed by atoms with Crippen molar-refractivity contribution in [1.82, 2.24) is 0 Å². The second kappa shape index (κ2) is 9.04. The molecule has 2 aromatic rings. The van der Waals surface area contributed by atoms with E-state index in [0.29, 0.717) is 0 Å². The van der Waals surface area contributed by atoms with Crippen molar-refractivity contribution in [2.24, 2.45) is 0 Å². The van der Waals surface area contributed by atoms with Crippen molar-refractivity contribution in [2.75, 3.05) is 5.32 Å². The third-order valence-corrected chi connectivity index (χ3v) is 4.99. The number of hydrogen-bond acceptors (Lipinski definition) is 2. The molecule has 25 heavy (non-hydrogen) atoms. The normalized spacial score (nSPS) is 11.9. The Labute approximate surface area is 158 Å². The van der Waals surface area contributed by atoms with Crippen molar-refractivity contribution in [3.8, 4) is 5.75 Å². The Morgan fingerprint density at radius 3 is 2.68 bits per heavy atom. The Kier molecular flexibility index (Phi) is 7.06. The molecule has 1 N–H and O–H groups in total. The monoisotopic (exact) mass is 403 g/mol. The van der Waals surface area contributed by atoms with Crippen molar-refractivity contribution in [1.29, 1.82) is 0 Å². The van der Waals surface area contributed by atoms with Gasteiger partial charge in [0.1, 0.15) is 5.75 Å². The minimum Gasteiger partial charge on any atom is -0.481 e. The van der Waals surface area contributed by atoms with Crippen LogP contribution in [-0.4, -0.2) is 12.0 Å². The van der Waals surface area contributed by atoms with Crippen molar-refractivity contribution in [2.45, 2.75) is 53.1 Å². The summed E-state index contributed by atoms with van der Waals surface area (Å²) in [6.07, 6.45) is 2.81. The van der Waals surface area contributed by atoms with Crippen LogP contribution in [0.4, 0.5) is 5.69 Å². The summed E-state index contributed by atoms with van der Waals surface area (Å²) in [4.78, 5) is 12.5. The third kappa shape index (κ3) is 5.33. The highest BCUT2D eigenvalue weighted by atomic mass is 79.9. The average Bonchev–Trinajstić information content (AvgIpc) is 2.59. The van der Waals surface area contributed by atoms with Gasteiger partial charge in [0.2, 0.25) is 0 Å². The highest BCUT2D eigenvalue weighted by Crippen LogP contribution is 2.26. The van der Waals surface area contributed by atoms with E-state index in [-0.39, 0.29) is 5.91 Å². The molecule has 0 bridgehead atoms. The Bertz CT molecular complexity index is 743. The molecular weight excluding hydrogens is 378 g/mol. The van der Waals surface area contributed by atoms with E-state index in [1.807, 2.05) is 38.1 Å². The molecule has 0 spiro atoms. The topological polar surface area (TPSA) is 38.3 Å². The summed E-state index contributed by atoms with van der Waals surface area (Å²) in [5.41, 5.74) is 4.24. The average molecular weight is 404 g/mol. The van der Waals surface area contributed by atoms with Crippen LogP contribution in [0.25, 0.3) is 0 Å². The molecule has 0 radical (unpaired) electrons. The van der Waals surface area contributed by atoms with Gasteiger partial charge in [-0.2, -0.15) is 0 Å². The van der Waals surface area contributed by atoms with E-state index >= 15 is 0 Å². The molecular formula is C21H26BrNO2. The zero-order chi connectivity index (χ0) is 18.4. The summed E-state index contributed by atoms with van der Waals surface area (Å²) in [5, 5.41) is 2.94. The minimum atomic E-state index is -0.577. The predicted molar refractivity (Wildman–Crippen MR) is 107 cm³/mol. The SMILES string of the molecule is CCCCc1ccc(NC(=O)C(C)Oc2cccc(C)c2C)c(Br)c1. The van der Waals surface area contributed by atoms with Crippen LogP contribution in [0.2, 0.25) is 0 Å². The maximum atomic E-state index is 12.5. The molecule has 0 heterocycles. The fraction of sp³-hybridized carbons (Fsp3) is 0.381. The number of unbranched alkanes of at least 4 members (excludes halogenated alkanes) is 1. The Hall–Kier alpha value is -1.81. The molecule has 0 saturated heterocycles. The van der Waals surface area contributed by atoms with E-state index in [0.717, 1.165) is 33.5 Å². The third-order valence-electron chi connectivity index (χ3n) is 4.34. The molecule has 4 heteroatoms. The molecule has 0 aromatic heterocycles. The van der Waals surface area contributed by atoms with E-state index in [9.17, 15) is 4.79 Å². The van der Waals surface area contributed by atoms with Crippen molar-refractivity contribution >= 4 is 27.5 Å². The zero-order valence-corrected chi connectivity index (χ0v) is 16.9. The van der Waals surface area contributed by atoms with Gasteiger partial charge >= 0.3 is 0 Å². The molecule has 1 atom stereocenters. The number of benzene rings is 2. The van der Waals surface area contributed by atoms with Crippen LogP contribution in [0.1, 0.15) is 43.4 Å². The van der Waals surface area contributed by atoms with Gasteiger partial charge in [-0.25, -0.2) is 0 Å². The molecule has 134 valence electrons. The molecule has 3 nitrogen and oxygen atoms in total. The number of rotatable bonds is 7. The van der Waals surface area contributed by atoms with Gasteiger partial charge in [0.25, 0.3) is 5.91 Å². The lowest BCUT2D eigenvalue weighted by Gasteiger charge is -2.18. The van der Waals surface area contributed by atoms with Crippen LogP contribution in [0.3, 0.4) is 0 Å².